The van der Waals surface area contributed by atoms with E-state index >= 15 is 0 Å². The standard InChI is InChI=1S/C16H19FN2O5S/c17-11-3-1-10(2-4-11)15(21)18-13(14-12(9-20)25(14)23)16(22)19-5-7-24-8-6-19/h1-4,12-14,20H,5-9H2,(H,18,21)/t12-,13-,14?,25?/m0/s1. The van der Waals surface area contributed by atoms with E-state index in [1.54, 1.807) is 4.90 Å². The number of nitrogens with zero attached hydrogens (tertiary/aromatic N) is 1. The zero-order valence-corrected chi connectivity index (χ0v) is 14.2. The van der Waals surface area contributed by atoms with Gasteiger partial charge in [0.2, 0.25) is 5.91 Å². The predicted octanol–water partition coefficient (Wildman–Crippen LogP) is -0.725. The number of carbonyl (C=O) groups is 2. The maximum atomic E-state index is 13.0. The fourth-order valence-corrected chi connectivity index (χ4v) is 4.35. The summed E-state index contributed by atoms with van der Waals surface area (Å²) in [4.78, 5) is 26.7. The van der Waals surface area contributed by atoms with E-state index < -0.39 is 39.1 Å². The molecule has 0 radical (unpaired) electrons. The number of halogens is 1. The number of nitrogens with one attached hydrogen (secondary N) is 1. The van der Waals surface area contributed by atoms with Crippen molar-refractivity contribution in [2.75, 3.05) is 32.9 Å². The second-order valence-corrected chi connectivity index (χ2v) is 7.72. The van der Waals surface area contributed by atoms with Gasteiger partial charge in [-0.25, -0.2) is 4.39 Å². The van der Waals surface area contributed by atoms with Crippen LogP contribution in [0.3, 0.4) is 0 Å². The highest BCUT2D eigenvalue weighted by Crippen LogP contribution is 2.31. The van der Waals surface area contributed by atoms with Crippen molar-refractivity contribution < 1.29 is 28.0 Å². The summed E-state index contributed by atoms with van der Waals surface area (Å²) in [5.41, 5.74) is 0.202. The Balaban J connectivity index is 1.76. The van der Waals surface area contributed by atoms with E-state index in [-0.39, 0.29) is 18.1 Å². The van der Waals surface area contributed by atoms with E-state index in [1.165, 1.54) is 12.1 Å². The molecule has 2 amide bonds. The lowest BCUT2D eigenvalue weighted by atomic mass is 10.1. The molecule has 0 saturated carbocycles. The normalized spacial score (nSPS) is 26.8. The number of ether oxygens (including phenoxy) is 1. The molecule has 0 aliphatic carbocycles. The summed E-state index contributed by atoms with van der Waals surface area (Å²) in [6.45, 7) is 1.29. The Kier molecular flexibility index (Phi) is 5.45. The molecule has 2 saturated heterocycles. The summed E-state index contributed by atoms with van der Waals surface area (Å²) in [6.07, 6.45) is 0. The second-order valence-electron chi connectivity index (χ2n) is 5.91. The van der Waals surface area contributed by atoms with Crippen molar-refractivity contribution >= 4 is 22.6 Å². The molecule has 25 heavy (non-hydrogen) atoms. The van der Waals surface area contributed by atoms with E-state index in [1.807, 2.05) is 0 Å². The molecule has 0 bridgehead atoms. The van der Waals surface area contributed by atoms with Gasteiger partial charge in [-0.15, -0.1) is 0 Å². The monoisotopic (exact) mass is 370 g/mol. The van der Waals surface area contributed by atoms with Gasteiger partial charge < -0.3 is 20.1 Å². The first kappa shape index (κ1) is 18.0. The molecule has 3 rings (SSSR count). The average Bonchev–Trinajstić information content (AvgIpc) is 3.29. The molecular weight excluding hydrogens is 351 g/mol. The molecule has 2 unspecified atom stereocenters. The summed E-state index contributed by atoms with van der Waals surface area (Å²) in [6, 6.07) is 3.94. The van der Waals surface area contributed by atoms with Crippen LogP contribution in [0.15, 0.2) is 24.3 Å². The van der Waals surface area contributed by atoms with Crippen LogP contribution < -0.4 is 5.32 Å². The highest BCUT2D eigenvalue weighted by atomic mass is 32.2. The zero-order valence-electron chi connectivity index (χ0n) is 13.4. The molecule has 2 aliphatic heterocycles. The lowest BCUT2D eigenvalue weighted by molar-refractivity contribution is -0.137. The fourth-order valence-electron chi connectivity index (χ4n) is 2.87. The number of hydrogen-bond donors (Lipinski definition) is 2. The first-order valence-electron chi connectivity index (χ1n) is 7.96. The molecule has 9 heteroatoms. The number of aliphatic hydroxyl groups excluding tert-OH is 1. The van der Waals surface area contributed by atoms with E-state index in [0.717, 1.165) is 12.1 Å². The third-order valence-corrected chi connectivity index (χ3v) is 6.21. The maximum Gasteiger partial charge on any atom is 0.251 e. The quantitative estimate of drug-likeness (QED) is 0.667. The van der Waals surface area contributed by atoms with Gasteiger partial charge >= 0.3 is 0 Å². The van der Waals surface area contributed by atoms with Gasteiger partial charge in [0, 0.05) is 29.5 Å². The zero-order chi connectivity index (χ0) is 18.0. The molecule has 2 N–H and O–H groups in total. The van der Waals surface area contributed by atoms with Crippen molar-refractivity contribution in [3.8, 4) is 0 Å². The Labute approximate surface area is 146 Å². The van der Waals surface area contributed by atoms with Gasteiger partial charge in [-0.1, -0.05) is 0 Å². The highest BCUT2D eigenvalue weighted by molar-refractivity contribution is 7.94. The third-order valence-electron chi connectivity index (χ3n) is 4.35. The van der Waals surface area contributed by atoms with Gasteiger partial charge in [0.25, 0.3) is 5.91 Å². The van der Waals surface area contributed by atoms with Crippen molar-refractivity contribution in [3.63, 3.8) is 0 Å². The first-order valence-corrected chi connectivity index (χ1v) is 9.23. The Morgan fingerprint density at radius 3 is 2.52 bits per heavy atom. The van der Waals surface area contributed by atoms with E-state index in [0.29, 0.717) is 26.3 Å². The van der Waals surface area contributed by atoms with E-state index in [4.69, 9.17) is 4.74 Å². The summed E-state index contributed by atoms with van der Waals surface area (Å²) in [5.74, 6) is -1.36. The molecule has 1 aromatic rings. The Hall–Kier alpha value is -1.84. The highest BCUT2D eigenvalue weighted by Gasteiger charge is 2.55. The molecule has 136 valence electrons. The minimum Gasteiger partial charge on any atom is -0.395 e. The molecular formula is C16H19FN2O5S. The van der Waals surface area contributed by atoms with Gasteiger partial charge in [0.1, 0.15) is 11.9 Å². The smallest absolute Gasteiger partial charge is 0.251 e. The predicted molar refractivity (Wildman–Crippen MR) is 87.9 cm³/mol. The number of hydrogen-bond acceptors (Lipinski definition) is 5. The molecule has 1 aromatic carbocycles. The topological polar surface area (TPSA) is 95.9 Å². The van der Waals surface area contributed by atoms with Gasteiger partial charge in [0.05, 0.1) is 30.3 Å². The average molecular weight is 370 g/mol. The van der Waals surface area contributed by atoms with Crippen molar-refractivity contribution in [3.05, 3.63) is 35.6 Å². The molecule has 2 heterocycles. The molecule has 2 fully saturated rings. The number of carbonyl (C=O) groups excluding carboxylic acids is 2. The summed E-state index contributed by atoms with van der Waals surface area (Å²) < 4.78 is 30.2. The number of aliphatic hydroxyl groups is 1. The third kappa shape index (κ3) is 3.88. The van der Waals surface area contributed by atoms with E-state index in [9.17, 15) is 23.3 Å². The molecule has 0 spiro atoms. The van der Waals surface area contributed by atoms with Crippen LogP contribution >= 0.6 is 0 Å². The molecule has 0 aromatic heterocycles. The maximum absolute atomic E-state index is 13.0. The number of rotatable bonds is 5. The summed E-state index contributed by atoms with van der Waals surface area (Å²) >= 11 is 0. The lowest BCUT2D eigenvalue weighted by Gasteiger charge is -2.30. The van der Waals surface area contributed by atoms with Gasteiger partial charge in [-0.3, -0.25) is 13.8 Å². The minimum absolute atomic E-state index is 0.202. The molecule has 2 aliphatic rings. The van der Waals surface area contributed by atoms with Gasteiger partial charge in [0.15, 0.2) is 0 Å². The van der Waals surface area contributed by atoms with Crippen molar-refractivity contribution in [2.24, 2.45) is 0 Å². The Morgan fingerprint density at radius 1 is 1.32 bits per heavy atom. The van der Waals surface area contributed by atoms with Gasteiger partial charge in [-0.2, -0.15) is 0 Å². The largest absolute Gasteiger partial charge is 0.395 e. The van der Waals surface area contributed by atoms with E-state index in [2.05, 4.69) is 5.32 Å². The Bertz CT molecular complexity index is 678. The molecule has 7 nitrogen and oxygen atoms in total. The SMILES string of the molecule is O=C(N[C@H](C(=O)N1CCOCC1)C1[C@H](CO)S1=O)c1ccc(F)cc1. The number of benzene rings is 1. The first-order chi connectivity index (χ1) is 12.0. The summed E-state index contributed by atoms with van der Waals surface area (Å²) in [7, 11) is -1.37. The van der Waals surface area contributed by atoms with Crippen LogP contribution in [0.25, 0.3) is 0 Å². The second kappa shape index (κ2) is 7.59. The van der Waals surface area contributed by atoms with Crippen LogP contribution in [0, 0.1) is 5.82 Å². The number of amides is 2. The Morgan fingerprint density at radius 2 is 1.96 bits per heavy atom. The van der Waals surface area contributed by atoms with Crippen molar-refractivity contribution in [1.29, 1.82) is 0 Å². The van der Waals surface area contributed by atoms with Crippen LogP contribution in [-0.2, 0) is 20.3 Å². The molecule has 4 atom stereocenters. The lowest BCUT2D eigenvalue weighted by Crippen LogP contribution is -2.54. The number of morpholine rings is 1. The van der Waals surface area contributed by atoms with Crippen LogP contribution in [0.2, 0.25) is 0 Å². The van der Waals surface area contributed by atoms with Gasteiger partial charge in [-0.05, 0) is 24.3 Å². The fraction of sp³-hybridized carbons (Fsp3) is 0.500. The van der Waals surface area contributed by atoms with Crippen LogP contribution in [-0.4, -0.2) is 75.5 Å². The van der Waals surface area contributed by atoms with Crippen LogP contribution in [0.1, 0.15) is 10.4 Å². The minimum atomic E-state index is -1.37. The van der Waals surface area contributed by atoms with Crippen LogP contribution in [0.4, 0.5) is 4.39 Å². The van der Waals surface area contributed by atoms with Crippen LogP contribution in [0.5, 0.6) is 0 Å². The van der Waals surface area contributed by atoms with Crippen molar-refractivity contribution in [1.82, 2.24) is 10.2 Å². The van der Waals surface area contributed by atoms with Crippen molar-refractivity contribution in [2.45, 2.75) is 16.5 Å². The summed E-state index contributed by atoms with van der Waals surface area (Å²) in [5, 5.41) is 10.7.